The second kappa shape index (κ2) is 7.80. The minimum absolute atomic E-state index is 0.0552. The van der Waals surface area contributed by atoms with Crippen LogP contribution in [0.1, 0.15) is 5.56 Å². The van der Waals surface area contributed by atoms with Crippen molar-refractivity contribution in [1.29, 1.82) is 0 Å². The van der Waals surface area contributed by atoms with E-state index in [0.717, 1.165) is 15.6 Å². The number of aromatic nitrogens is 3. The maximum atomic E-state index is 13.5. The lowest BCUT2D eigenvalue weighted by atomic mass is 10.2. The van der Waals surface area contributed by atoms with Gasteiger partial charge in [0.25, 0.3) is 10.0 Å². The molecule has 0 aliphatic carbocycles. The molecule has 1 N–H and O–H groups in total. The van der Waals surface area contributed by atoms with Crippen molar-refractivity contribution in [2.45, 2.75) is 11.4 Å². The SMILES string of the molecule is COc1ccc(CN(c2nncs2)S(=O)(=O)c2ccc3[nH]c(=O)oc3c2)c(OC)c1. The topological polar surface area (TPSA) is 128 Å². The van der Waals surface area contributed by atoms with Crippen LogP contribution in [0.15, 0.2) is 56.0 Å². The molecule has 0 saturated heterocycles. The van der Waals surface area contributed by atoms with Gasteiger partial charge >= 0.3 is 5.76 Å². The second-order valence-electron chi connectivity index (χ2n) is 6.08. The van der Waals surface area contributed by atoms with E-state index in [1.165, 1.54) is 37.9 Å². The van der Waals surface area contributed by atoms with E-state index in [1.807, 2.05) is 0 Å². The van der Waals surface area contributed by atoms with E-state index in [-0.39, 0.29) is 22.2 Å². The molecular formula is C18H16N4O6S2. The third-order valence-corrected chi connectivity index (χ3v) is 6.91. The van der Waals surface area contributed by atoms with Crippen molar-refractivity contribution in [3.63, 3.8) is 0 Å². The zero-order chi connectivity index (χ0) is 21.3. The van der Waals surface area contributed by atoms with Crippen molar-refractivity contribution in [3.05, 3.63) is 58.0 Å². The molecule has 0 aliphatic rings. The number of methoxy groups -OCH3 is 2. The first-order valence-electron chi connectivity index (χ1n) is 8.55. The molecule has 2 heterocycles. The van der Waals surface area contributed by atoms with E-state index in [2.05, 4.69) is 15.2 Å². The summed E-state index contributed by atoms with van der Waals surface area (Å²) in [7, 11) is -1.05. The molecule has 4 aromatic rings. The number of ether oxygens (including phenoxy) is 2. The molecule has 0 unspecified atom stereocenters. The Morgan fingerprint density at radius 1 is 1.17 bits per heavy atom. The number of fused-ring (bicyclic) bond motifs is 1. The Hall–Kier alpha value is -3.38. The van der Waals surface area contributed by atoms with E-state index >= 15 is 0 Å². The van der Waals surface area contributed by atoms with Crippen LogP contribution in [-0.4, -0.2) is 37.8 Å². The number of anilines is 1. The van der Waals surface area contributed by atoms with Crippen LogP contribution in [-0.2, 0) is 16.6 Å². The molecule has 0 radical (unpaired) electrons. The molecule has 0 bridgehead atoms. The summed E-state index contributed by atoms with van der Waals surface area (Å²) in [5, 5.41) is 7.88. The van der Waals surface area contributed by atoms with Crippen LogP contribution >= 0.6 is 11.3 Å². The number of nitrogens with zero attached hydrogens (tertiary/aromatic N) is 3. The molecular weight excluding hydrogens is 432 g/mol. The van der Waals surface area contributed by atoms with Crippen molar-refractivity contribution < 1.29 is 22.3 Å². The zero-order valence-corrected chi connectivity index (χ0v) is 17.5. The van der Waals surface area contributed by atoms with Crippen molar-refractivity contribution in [2.24, 2.45) is 0 Å². The summed E-state index contributed by atoms with van der Waals surface area (Å²) in [5.41, 5.74) is 2.59. The van der Waals surface area contributed by atoms with Crippen LogP contribution in [0.25, 0.3) is 11.1 Å². The van der Waals surface area contributed by atoms with Gasteiger partial charge in [0, 0.05) is 17.7 Å². The van der Waals surface area contributed by atoms with Gasteiger partial charge in [-0.2, -0.15) is 0 Å². The second-order valence-corrected chi connectivity index (χ2v) is 8.76. The number of hydrogen-bond acceptors (Lipinski definition) is 9. The number of rotatable bonds is 7. The Morgan fingerprint density at radius 3 is 2.70 bits per heavy atom. The number of oxazole rings is 1. The van der Waals surface area contributed by atoms with Crippen LogP contribution in [0, 0.1) is 0 Å². The molecule has 2 aromatic heterocycles. The summed E-state index contributed by atoms with van der Waals surface area (Å²) in [6, 6.07) is 9.25. The van der Waals surface area contributed by atoms with Crippen molar-refractivity contribution in [2.75, 3.05) is 18.5 Å². The zero-order valence-electron chi connectivity index (χ0n) is 15.9. The number of aromatic amines is 1. The van der Waals surface area contributed by atoms with Gasteiger partial charge in [-0.25, -0.2) is 17.5 Å². The monoisotopic (exact) mass is 448 g/mol. The summed E-state index contributed by atoms with van der Waals surface area (Å²) in [4.78, 5) is 13.8. The van der Waals surface area contributed by atoms with Gasteiger partial charge in [-0.15, -0.1) is 10.2 Å². The van der Waals surface area contributed by atoms with Gasteiger partial charge in [0.15, 0.2) is 5.58 Å². The molecule has 0 saturated carbocycles. The number of H-pyrrole nitrogens is 1. The lowest BCUT2D eigenvalue weighted by Crippen LogP contribution is -2.30. The Kier molecular flexibility index (Phi) is 5.18. The molecule has 30 heavy (non-hydrogen) atoms. The highest BCUT2D eigenvalue weighted by Gasteiger charge is 2.29. The fraction of sp³-hybridized carbons (Fsp3) is 0.167. The van der Waals surface area contributed by atoms with Gasteiger partial charge < -0.3 is 13.9 Å². The van der Waals surface area contributed by atoms with Gasteiger partial charge in [0.05, 0.1) is 31.2 Å². The van der Waals surface area contributed by atoms with Gasteiger partial charge in [0.1, 0.15) is 17.0 Å². The molecule has 12 heteroatoms. The average molecular weight is 448 g/mol. The maximum Gasteiger partial charge on any atom is 0.417 e. The quantitative estimate of drug-likeness (QED) is 0.456. The molecule has 10 nitrogen and oxygen atoms in total. The first kappa shape index (κ1) is 19.9. The smallest absolute Gasteiger partial charge is 0.417 e. The van der Waals surface area contributed by atoms with E-state index < -0.39 is 15.8 Å². The van der Waals surface area contributed by atoms with E-state index in [4.69, 9.17) is 13.9 Å². The summed E-state index contributed by atoms with van der Waals surface area (Å²) in [5.74, 6) is 0.378. The predicted octanol–water partition coefficient (Wildman–Crippen LogP) is 2.39. The number of hydrogen-bond donors (Lipinski definition) is 1. The summed E-state index contributed by atoms with van der Waals surface area (Å²) >= 11 is 1.08. The average Bonchev–Trinajstić information content (AvgIpc) is 3.39. The van der Waals surface area contributed by atoms with Crippen LogP contribution in [0.2, 0.25) is 0 Å². The van der Waals surface area contributed by atoms with Gasteiger partial charge in [0.2, 0.25) is 5.13 Å². The van der Waals surface area contributed by atoms with E-state index in [1.54, 1.807) is 18.2 Å². The summed E-state index contributed by atoms with van der Waals surface area (Å²) in [6.45, 7) is -0.0557. The van der Waals surface area contributed by atoms with Crippen LogP contribution < -0.4 is 19.5 Å². The van der Waals surface area contributed by atoms with Gasteiger partial charge in [-0.05, 0) is 24.3 Å². The number of nitrogens with one attached hydrogen (secondary N) is 1. The highest BCUT2D eigenvalue weighted by molar-refractivity contribution is 7.93. The summed E-state index contributed by atoms with van der Waals surface area (Å²) < 4.78 is 43.7. The molecule has 0 atom stereocenters. The highest BCUT2D eigenvalue weighted by atomic mass is 32.2. The minimum atomic E-state index is -4.07. The molecule has 0 fully saturated rings. The van der Waals surface area contributed by atoms with Crippen molar-refractivity contribution in [3.8, 4) is 11.5 Å². The predicted molar refractivity (Wildman–Crippen MR) is 110 cm³/mol. The molecule has 0 aliphatic heterocycles. The molecule has 156 valence electrons. The van der Waals surface area contributed by atoms with E-state index in [9.17, 15) is 13.2 Å². The largest absolute Gasteiger partial charge is 0.497 e. The lowest BCUT2D eigenvalue weighted by molar-refractivity contribution is 0.391. The Bertz CT molecular complexity index is 1340. The van der Waals surface area contributed by atoms with Gasteiger partial charge in [-0.1, -0.05) is 11.3 Å². The fourth-order valence-electron chi connectivity index (χ4n) is 2.88. The van der Waals surface area contributed by atoms with Crippen LogP contribution in [0.3, 0.4) is 0 Å². The van der Waals surface area contributed by atoms with Crippen molar-refractivity contribution in [1.82, 2.24) is 15.2 Å². The maximum absolute atomic E-state index is 13.5. The fourth-order valence-corrected chi connectivity index (χ4v) is 5.07. The minimum Gasteiger partial charge on any atom is -0.497 e. The Morgan fingerprint density at radius 2 is 2.00 bits per heavy atom. The highest BCUT2D eigenvalue weighted by Crippen LogP contribution is 2.32. The first-order chi connectivity index (χ1) is 14.4. The normalized spacial score (nSPS) is 11.5. The lowest BCUT2D eigenvalue weighted by Gasteiger charge is -2.22. The standard InChI is InChI=1S/C18H16N4O6S2/c1-26-12-4-3-11(15(7-12)27-2)9-22(17-21-19-10-29-17)30(24,25)13-5-6-14-16(8-13)28-18(23)20-14/h3-8,10H,9H2,1-2H3,(H,20,23). The first-order valence-corrected chi connectivity index (χ1v) is 10.9. The van der Waals surface area contributed by atoms with Gasteiger partial charge in [-0.3, -0.25) is 4.98 Å². The van der Waals surface area contributed by atoms with Crippen molar-refractivity contribution >= 4 is 37.6 Å². The van der Waals surface area contributed by atoms with E-state index in [0.29, 0.717) is 22.6 Å². The molecule has 4 rings (SSSR count). The molecule has 0 amide bonds. The molecule has 0 spiro atoms. The third-order valence-electron chi connectivity index (χ3n) is 4.35. The van der Waals surface area contributed by atoms with Crippen LogP contribution in [0.5, 0.6) is 11.5 Å². The molecule has 2 aromatic carbocycles. The number of benzene rings is 2. The number of sulfonamides is 1. The Labute approximate surface area is 174 Å². The Balaban J connectivity index is 1.80. The van der Waals surface area contributed by atoms with Crippen LogP contribution in [0.4, 0.5) is 5.13 Å². The summed E-state index contributed by atoms with van der Waals surface area (Å²) in [6.07, 6.45) is 0. The third kappa shape index (κ3) is 3.62.